The molecule has 0 unspecified atom stereocenters. The summed E-state index contributed by atoms with van der Waals surface area (Å²) in [6.07, 6.45) is 3.44. The Hall–Kier alpha value is -2.24. The monoisotopic (exact) mass is 300 g/mol. The molecule has 1 aromatic carbocycles. The van der Waals surface area contributed by atoms with E-state index in [0.717, 1.165) is 16.7 Å². The van der Waals surface area contributed by atoms with E-state index in [1.165, 1.54) is 0 Å². The molecule has 6 heteroatoms. The van der Waals surface area contributed by atoms with Gasteiger partial charge in [-0.1, -0.05) is 35.0 Å². The van der Waals surface area contributed by atoms with E-state index in [9.17, 15) is 0 Å². The molecule has 0 radical (unpaired) electrons. The van der Waals surface area contributed by atoms with Gasteiger partial charge in [-0.2, -0.15) is 4.98 Å². The zero-order valence-electron chi connectivity index (χ0n) is 11.3. The number of aryl methyl sites for hydroxylation is 1. The summed E-state index contributed by atoms with van der Waals surface area (Å²) in [7, 11) is 0. The molecule has 0 aliphatic heterocycles. The van der Waals surface area contributed by atoms with Gasteiger partial charge in [-0.3, -0.25) is 4.98 Å². The van der Waals surface area contributed by atoms with E-state index >= 15 is 0 Å². The van der Waals surface area contributed by atoms with Crippen molar-refractivity contribution in [3.05, 3.63) is 64.8 Å². The molecule has 3 rings (SSSR count). The van der Waals surface area contributed by atoms with E-state index in [4.69, 9.17) is 21.9 Å². The van der Waals surface area contributed by atoms with Crippen LogP contribution in [0, 0.1) is 6.92 Å². The predicted octanol–water partition coefficient (Wildman–Crippen LogP) is 3.14. The Balaban J connectivity index is 1.96. The van der Waals surface area contributed by atoms with Crippen LogP contribution in [0.3, 0.4) is 0 Å². The molecule has 0 aliphatic rings. The minimum Gasteiger partial charge on any atom is -0.337 e. The molecular weight excluding hydrogens is 288 g/mol. The minimum absolute atomic E-state index is 0.328. The Labute approximate surface area is 126 Å². The topological polar surface area (TPSA) is 77.8 Å². The second kappa shape index (κ2) is 5.63. The Bertz CT molecular complexity index is 772. The highest BCUT2D eigenvalue weighted by Crippen LogP contribution is 2.27. The Morgan fingerprint density at radius 1 is 1.24 bits per heavy atom. The number of pyridine rings is 1. The highest BCUT2D eigenvalue weighted by Gasteiger charge is 2.20. The molecule has 0 fully saturated rings. The number of nitrogens with two attached hydrogens (primary N) is 1. The van der Waals surface area contributed by atoms with Crippen LogP contribution in [0.15, 0.2) is 47.2 Å². The minimum atomic E-state index is -0.554. The molecular formula is C15H13ClN4O. The first-order chi connectivity index (χ1) is 10.2. The summed E-state index contributed by atoms with van der Waals surface area (Å²) in [6.45, 7) is 1.94. The van der Waals surface area contributed by atoms with Crippen molar-refractivity contribution in [2.45, 2.75) is 13.0 Å². The van der Waals surface area contributed by atoms with Gasteiger partial charge in [0.15, 0.2) is 0 Å². The predicted molar refractivity (Wildman–Crippen MR) is 79.7 cm³/mol. The van der Waals surface area contributed by atoms with Crippen LogP contribution in [0.1, 0.15) is 23.1 Å². The maximum Gasteiger partial charge on any atom is 0.248 e. The quantitative estimate of drug-likeness (QED) is 0.804. The fourth-order valence-electron chi connectivity index (χ4n) is 2.06. The van der Waals surface area contributed by atoms with E-state index in [1.54, 1.807) is 18.5 Å². The van der Waals surface area contributed by atoms with E-state index in [2.05, 4.69) is 15.1 Å². The first kappa shape index (κ1) is 13.7. The lowest BCUT2D eigenvalue weighted by Crippen LogP contribution is -2.12. The van der Waals surface area contributed by atoms with Crippen molar-refractivity contribution in [2.24, 2.45) is 5.73 Å². The Morgan fingerprint density at radius 2 is 2.05 bits per heavy atom. The van der Waals surface area contributed by atoms with Crippen molar-refractivity contribution in [1.29, 1.82) is 0 Å². The summed E-state index contributed by atoms with van der Waals surface area (Å²) in [5.41, 5.74) is 8.74. The average molecular weight is 301 g/mol. The number of benzene rings is 1. The lowest BCUT2D eigenvalue weighted by molar-refractivity contribution is 0.367. The smallest absolute Gasteiger partial charge is 0.248 e. The fourth-order valence-corrected chi connectivity index (χ4v) is 2.31. The summed E-state index contributed by atoms with van der Waals surface area (Å²) in [4.78, 5) is 8.41. The lowest BCUT2D eigenvalue weighted by Gasteiger charge is -2.08. The molecule has 2 aromatic heterocycles. The van der Waals surface area contributed by atoms with Crippen molar-refractivity contribution in [1.82, 2.24) is 15.1 Å². The summed E-state index contributed by atoms with van der Waals surface area (Å²) < 4.78 is 5.28. The van der Waals surface area contributed by atoms with Crippen LogP contribution >= 0.6 is 11.6 Å². The second-order valence-corrected chi connectivity index (χ2v) is 5.05. The van der Waals surface area contributed by atoms with Crippen LogP contribution in [-0.4, -0.2) is 15.1 Å². The maximum atomic E-state index is 6.15. The highest BCUT2D eigenvalue weighted by molar-refractivity contribution is 6.31. The summed E-state index contributed by atoms with van der Waals surface area (Å²) >= 11 is 6.14. The molecule has 0 saturated carbocycles. The number of nitrogens with zero attached hydrogens (tertiary/aromatic N) is 3. The van der Waals surface area contributed by atoms with Gasteiger partial charge in [0, 0.05) is 23.0 Å². The van der Waals surface area contributed by atoms with Gasteiger partial charge in [-0.15, -0.1) is 0 Å². The molecule has 1 atom stereocenters. The van der Waals surface area contributed by atoms with Crippen molar-refractivity contribution >= 4 is 11.6 Å². The highest BCUT2D eigenvalue weighted by atomic mass is 35.5. The number of rotatable bonds is 3. The maximum absolute atomic E-state index is 6.15. The van der Waals surface area contributed by atoms with Gasteiger partial charge < -0.3 is 10.3 Å². The summed E-state index contributed by atoms with van der Waals surface area (Å²) in [5.74, 6) is 0.821. The van der Waals surface area contributed by atoms with Gasteiger partial charge in [0.2, 0.25) is 11.7 Å². The van der Waals surface area contributed by atoms with Gasteiger partial charge >= 0.3 is 0 Å². The van der Waals surface area contributed by atoms with Gasteiger partial charge in [0.05, 0.1) is 0 Å². The molecule has 0 amide bonds. The van der Waals surface area contributed by atoms with E-state index in [0.29, 0.717) is 16.7 Å². The number of halogens is 1. The zero-order valence-corrected chi connectivity index (χ0v) is 12.1. The summed E-state index contributed by atoms with van der Waals surface area (Å²) in [6, 6.07) is 8.62. The second-order valence-electron chi connectivity index (χ2n) is 4.65. The number of hydrogen-bond donors (Lipinski definition) is 1. The van der Waals surface area contributed by atoms with Crippen LogP contribution in [0.4, 0.5) is 0 Å². The molecule has 2 N–H and O–H groups in total. The van der Waals surface area contributed by atoms with Crippen molar-refractivity contribution in [3.63, 3.8) is 0 Å². The first-order valence-corrected chi connectivity index (χ1v) is 6.79. The van der Waals surface area contributed by atoms with Gasteiger partial charge in [-0.05, 0) is 30.2 Å². The normalized spacial score (nSPS) is 12.3. The molecule has 0 aliphatic carbocycles. The molecule has 3 aromatic rings. The van der Waals surface area contributed by atoms with Crippen molar-refractivity contribution in [2.75, 3.05) is 0 Å². The van der Waals surface area contributed by atoms with Gasteiger partial charge in [0.25, 0.3) is 0 Å². The Morgan fingerprint density at radius 3 is 2.81 bits per heavy atom. The van der Waals surface area contributed by atoms with Crippen LogP contribution in [0.25, 0.3) is 11.4 Å². The first-order valence-electron chi connectivity index (χ1n) is 6.41. The SMILES string of the molecule is Cc1cnccc1-c1noc([C@H](N)c2ccccc2Cl)n1. The number of aromatic nitrogens is 3. The van der Waals surface area contributed by atoms with Crippen molar-refractivity contribution < 1.29 is 4.52 Å². The van der Waals surface area contributed by atoms with Crippen LogP contribution in [0.5, 0.6) is 0 Å². The van der Waals surface area contributed by atoms with Crippen molar-refractivity contribution in [3.8, 4) is 11.4 Å². The summed E-state index contributed by atoms with van der Waals surface area (Å²) in [5, 5.41) is 4.56. The molecule has 21 heavy (non-hydrogen) atoms. The number of hydrogen-bond acceptors (Lipinski definition) is 5. The standard InChI is InChI=1S/C15H13ClN4O/c1-9-8-18-7-6-10(9)14-19-15(21-20-14)13(17)11-4-2-3-5-12(11)16/h2-8,13H,17H2,1H3/t13-/m1/s1. The van der Waals surface area contributed by atoms with Crippen LogP contribution in [-0.2, 0) is 0 Å². The molecule has 0 saturated heterocycles. The molecule has 106 valence electrons. The largest absolute Gasteiger partial charge is 0.337 e. The third-order valence-corrected chi connectivity index (χ3v) is 3.55. The molecule has 5 nitrogen and oxygen atoms in total. The van der Waals surface area contributed by atoms with E-state index in [-0.39, 0.29) is 0 Å². The fraction of sp³-hybridized carbons (Fsp3) is 0.133. The zero-order chi connectivity index (χ0) is 14.8. The lowest BCUT2D eigenvalue weighted by atomic mass is 10.1. The van der Waals surface area contributed by atoms with Crippen LogP contribution in [0.2, 0.25) is 5.02 Å². The van der Waals surface area contributed by atoms with Gasteiger partial charge in [-0.25, -0.2) is 0 Å². The molecule has 0 spiro atoms. The third kappa shape index (κ3) is 2.66. The Kier molecular flexibility index (Phi) is 3.68. The van der Waals surface area contributed by atoms with E-state index in [1.807, 2.05) is 31.2 Å². The van der Waals surface area contributed by atoms with Crippen LogP contribution < -0.4 is 5.73 Å². The molecule has 2 heterocycles. The van der Waals surface area contributed by atoms with Gasteiger partial charge in [0.1, 0.15) is 6.04 Å². The third-order valence-electron chi connectivity index (χ3n) is 3.21. The van der Waals surface area contributed by atoms with E-state index < -0.39 is 6.04 Å². The molecule has 0 bridgehead atoms. The average Bonchev–Trinajstić information content (AvgIpc) is 2.97.